The van der Waals surface area contributed by atoms with Crippen molar-refractivity contribution in [2.75, 3.05) is 0 Å². The van der Waals surface area contributed by atoms with Gasteiger partial charge < -0.3 is 5.32 Å². The molecule has 0 spiro atoms. The highest BCUT2D eigenvalue weighted by molar-refractivity contribution is 9.10. The van der Waals surface area contributed by atoms with Crippen LogP contribution in [0.15, 0.2) is 22.7 Å². The molecule has 1 N–H and O–H groups in total. The van der Waals surface area contributed by atoms with Crippen molar-refractivity contribution < 1.29 is 4.39 Å². The molecule has 0 aliphatic carbocycles. The monoisotopic (exact) mass is 301 g/mol. The van der Waals surface area contributed by atoms with E-state index < -0.39 is 0 Å². The zero-order chi connectivity index (χ0) is 12.7. The molecule has 1 aromatic carbocycles. The third kappa shape index (κ3) is 5.17. The van der Waals surface area contributed by atoms with Gasteiger partial charge in [0.05, 0.1) is 4.47 Å². The minimum atomic E-state index is -0.192. The van der Waals surface area contributed by atoms with Crippen LogP contribution in [-0.4, -0.2) is 6.04 Å². The summed E-state index contributed by atoms with van der Waals surface area (Å²) in [4.78, 5) is 0. The lowest BCUT2D eigenvalue weighted by atomic mass is 10.1. The zero-order valence-electron chi connectivity index (χ0n) is 10.6. The summed E-state index contributed by atoms with van der Waals surface area (Å²) < 4.78 is 13.9. The molecule has 1 unspecified atom stereocenters. The number of rotatable bonds is 7. The number of unbranched alkanes of at least 4 members (excludes halogenated alkanes) is 2. The molecule has 0 saturated carbocycles. The number of nitrogens with one attached hydrogen (secondary N) is 1. The molecule has 3 heteroatoms. The number of halogens is 2. The molecule has 0 aliphatic heterocycles. The van der Waals surface area contributed by atoms with Crippen LogP contribution in [0, 0.1) is 5.82 Å². The molecule has 96 valence electrons. The van der Waals surface area contributed by atoms with Crippen molar-refractivity contribution in [3.63, 3.8) is 0 Å². The largest absolute Gasteiger partial charge is 0.310 e. The first-order valence-electron chi connectivity index (χ1n) is 6.31. The van der Waals surface area contributed by atoms with Gasteiger partial charge in [-0.25, -0.2) is 4.39 Å². The standard InChI is InChI=1S/C14H21BrFN/c1-3-4-5-7-11(2)17-10-12-8-6-9-13(16)14(12)15/h6,8-9,11,17H,3-5,7,10H2,1-2H3. The van der Waals surface area contributed by atoms with Crippen LogP contribution < -0.4 is 5.32 Å². The van der Waals surface area contributed by atoms with Gasteiger partial charge in [0.25, 0.3) is 0 Å². The van der Waals surface area contributed by atoms with E-state index in [1.807, 2.05) is 6.07 Å². The molecular weight excluding hydrogens is 281 g/mol. The van der Waals surface area contributed by atoms with Crippen LogP contribution in [0.5, 0.6) is 0 Å². The number of benzene rings is 1. The van der Waals surface area contributed by atoms with Gasteiger partial charge in [0, 0.05) is 12.6 Å². The molecule has 1 aromatic rings. The molecule has 17 heavy (non-hydrogen) atoms. The van der Waals surface area contributed by atoms with E-state index >= 15 is 0 Å². The Bertz CT molecular complexity index is 341. The quantitative estimate of drug-likeness (QED) is 0.723. The molecule has 0 radical (unpaired) electrons. The van der Waals surface area contributed by atoms with Gasteiger partial charge in [-0.1, -0.05) is 38.3 Å². The minimum absolute atomic E-state index is 0.192. The highest BCUT2D eigenvalue weighted by Gasteiger charge is 2.06. The molecule has 1 atom stereocenters. The summed E-state index contributed by atoms with van der Waals surface area (Å²) in [7, 11) is 0. The van der Waals surface area contributed by atoms with Crippen molar-refractivity contribution in [1.29, 1.82) is 0 Å². The van der Waals surface area contributed by atoms with E-state index in [1.54, 1.807) is 6.07 Å². The Morgan fingerprint density at radius 1 is 1.35 bits per heavy atom. The van der Waals surface area contributed by atoms with Gasteiger partial charge in [0.1, 0.15) is 5.82 Å². The molecule has 1 nitrogen and oxygen atoms in total. The first-order valence-corrected chi connectivity index (χ1v) is 7.10. The fourth-order valence-corrected chi connectivity index (χ4v) is 2.18. The summed E-state index contributed by atoms with van der Waals surface area (Å²) in [6.07, 6.45) is 4.98. The minimum Gasteiger partial charge on any atom is -0.310 e. The maximum absolute atomic E-state index is 13.3. The van der Waals surface area contributed by atoms with Crippen LogP contribution in [0.1, 0.15) is 45.1 Å². The maximum atomic E-state index is 13.3. The van der Waals surface area contributed by atoms with E-state index in [-0.39, 0.29) is 5.82 Å². The Hall–Kier alpha value is -0.410. The lowest BCUT2D eigenvalue weighted by molar-refractivity contribution is 0.485. The van der Waals surface area contributed by atoms with E-state index in [1.165, 1.54) is 31.7 Å². The van der Waals surface area contributed by atoms with Crippen LogP contribution in [-0.2, 0) is 6.54 Å². The summed E-state index contributed by atoms with van der Waals surface area (Å²) in [5.41, 5.74) is 0.979. The molecule has 0 bridgehead atoms. The van der Waals surface area contributed by atoms with Crippen LogP contribution in [0.25, 0.3) is 0 Å². The topological polar surface area (TPSA) is 12.0 Å². The van der Waals surface area contributed by atoms with Crippen molar-refractivity contribution in [2.45, 2.75) is 52.1 Å². The van der Waals surface area contributed by atoms with E-state index in [0.717, 1.165) is 5.56 Å². The smallest absolute Gasteiger partial charge is 0.137 e. The van der Waals surface area contributed by atoms with Crippen LogP contribution in [0.4, 0.5) is 4.39 Å². The fraction of sp³-hybridized carbons (Fsp3) is 0.571. The van der Waals surface area contributed by atoms with Gasteiger partial charge in [-0.2, -0.15) is 0 Å². The Morgan fingerprint density at radius 3 is 2.82 bits per heavy atom. The maximum Gasteiger partial charge on any atom is 0.137 e. The van der Waals surface area contributed by atoms with E-state index in [0.29, 0.717) is 17.1 Å². The van der Waals surface area contributed by atoms with Gasteiger partial charge >= 0.3 is 0 Å². The van der Waals surface area contributed by atoms with Gasteiger partial charge in [0.2, 0.25) is 0 Å². The van der Waals surface area contributed by atoms with E-state index in [2.05, 4.69) is 35.1 Å². The SMILES string of the molecule is CCCCCC(C)NCc1cccc(F)c1Br. The summed E-state index contributed by atoms with van der Waals surface area (Å²) in [6.45, 7) is 5.11. The molecule has 0 heterocycles. The average Bonchev–Trinajstić information content (AvgIpc) is 2.31. The van der Waals surface area contributed by atoms with Gasteiger partial charge in [-0.3, -0.25) is 0 Å². The molecule has 0 saturated heterocycles. The van der Waals surface area contributed by atoms with Crippen LogP contribution in [0.2, 0.25) is 0 Å². The van der Waals surface area contributed by atoms with E-state index in [4.69, 9.17) is 0 Å². The summed E-state index contributed by atoms with van der Waals surface area (Å²) in [5.74, 6) is -0.192. The van der Waals surface area contributed by atoms with Crippen LogP contribution >= 0.6 is 15.9 Å². The Labute approximate surface area is 112 Å². The molecule has 0 fully saturated rings. The van der Waals surface area contributed by atoms with Gasteiger partial charge in [-0.15, -0.1) is 0 Å². The summed E-state index contributed by atoms with van der Waals surface area (Å²) in [6, 6.07) is 5.65. The second-order valence-corrected chi connectivity index (χ2v) is 5.28. The lowest BCUT2D eigenvalue weighted by Crippen LogP contribution is -2.25. The van der Waals surface area contributed by atoms with Gasteiger partial charge in [-0.05, 0) is 40.9 Å². The van der Waals surface area contributed by atoms with Crippen molar-refractivity contribution in [1.82, 2.24) is 5.32 Å². The normalized spacial score (nSPS) is 12.7. The summed E-state index contributed by atoms with van der Waals surface area (Å²) in [5, 5.41) is 3.43. The van der Waals surface area contributed by atoms with Crippen molar-refractivity contribution in [3.8, 4) is 0 Å². The van der Waals surface area contributed by atoms with Crippen molar-refractivity contribution in [3.05, 3.63) is 34.1 Å². The Morgan fingerprint density at radius 2 is 2.12 bits per heavy atom. The molecule has 0 aliphatic rings. The van der Waals surface area contributed by atoms with Crippen molar-refractivity contribution >= 4 is 15.9 Å². The van der Waals surface area contributed by atoms with Crippen molar-refractivity contribution in [2.24, 2.45) is 0 Å². The lowest BCUT2D eigenvalue weighted by Gasteiger charge is -2.14. The molecule has 1 rings (SSSR count). The highest BCUT2D eigenvalue weighted by Crippen LogP contribution is 2.20. The number of hydrogen-bond donors (Lipinski definition) is 1. The molecule has 0 aromatic heterocycles. The fourth-order valence-electron chi connectivity index (χ4n) is 1.77. The van der Waals surface area contributed by atoms with E-state index in [9.17, 15) is 4.39 Å². The zero-order valence-corrected chi connectivity index (χ0v) is 12.2. The Kier molecular flexibility index (Phi) is 6.75. The van der Waals surface area contributed by atoms with Crippen LogP contribution in [0.3, 0.4) is 0 Å². The molecular formula is C14H21BrFN. The van der Waals surface area contributed by atoms with Gasteiger partial charge in [0.15, 0.2) is 0 Å². The molecule has 0 amide bonds. The highest BCUT2D eigenvalue weighted by atomic mass is 79.9. The third-order valence-corrected chi connectivity index (χ3v) is 3.80. The third-order valence-electron chi connectivity index (χ3n) is 2.91. The summed E-state index contributed by atoms with van der Waals surface area (Å²) >= 11 is 3.28. The second kappa shape index (κ2) is 7.83. The Balaban J connectivity index is 2.37. The average molecular weight is 302 g/mol. The predicted octanol–water partition coefficient (Wildman–Crippen LogP) is 4.65. The number of hydrogen-bond acceptors (Lipinski definition) is 1. The predicted molar refractivity (Wildman–Crippen MR) is 74.5 cm³/mol. The second-order valence-electron chi connectivity index (χ2n) is 4.49. The first kappa shape index (κ1) is 14.7. The first-order chi connectivity index (χ1) is 8.15.